The van der Waals surface area contributed by atoms with Gasteiger partial charge in [-0.25, -0.2) is 0 Å². The number of piperazine rings is 1. The third kappa shape index (κ3) is 2.14. The van der Waals surface area contributed by atoms with Gasteiger partial charge in [0.25, 0.3) is 5.12 Å². The molecule has 0 aromatic rings. The molecule has 7 nitrogen and oxygen atoms in total. The van der Waals surface area contributed by atoms with Crippen LogP contribution < -0.4 is 0 Å². The van der Waals surface area contributed by atoms with Gasteiger partial charge in [-0.05, 0) is 25.1 Å². The van der Waals surface area contributed by atoms with Gasteiger partial charge in [0.15, 0.2) is 6.04 Å². The molecule has 2 saturated heterocycles. The Kier molecular flexibility index (Phi) is 3.65. The van der Waals surface area contributed by atoms with Crippen LogP contribution in [0.3, 0.4) is 0 Å². The Morgan fingerprint density at radius 1 is 1.67 bits per heavy atom. The highest BCUT2D eigenvalue weighted by Crippen LogP contribution is 2.39. The monoisotopic (exact) mass is 275 g/mol. The summed E-state index contributed by atoms with van der Waals surface area (Å²) in [5.41, 5.74) is 0. The quantitative estimate of drug-likeness (QED) is 0.584. The number of hydrogen-bond acceptors (Lipinski definition) is 6. The predicted molar refractivity (Wildman–Crippen MR) is 65.1 cm³/mol. The Hall–Kier alpha value is -0.670. The number of carbonyl (C=O) groups excluding carboxylic acids is 1. The number of aliphatic carboxylic acids is 1. The Labute approximate surface area is 108 Å². The van der Waals surface area contributed by atoms with Crippen molar-refractivity contribution in [1.82, 2.24) is 5.06 Å². The first-order valence-electron chi connectivity index (χ1n) is 5.77. The maximum absolute atomic E-state index is 12.6. The molecule has 0 bridgehead atoms. The zero-order valence-corrected chi connectivity index (χ0v) is 10.8. The molecule has 0 amide bonds. The van der Waals surface area contributed by atoms with Crippen LogP contribution in [0.25, 0.3) is 0 Å². The number of carboxylic acids is 1. The molecular weight excluding hydrogens is 260 g/mol. The first-order valence-corrected chi connectivity index (χ1v) is 6.75. The second-order valence-corrected chi connectivity index (χ2v) is 5.75. The number of carbonyl (C=O) groups is 2. The van der Waals surface area contributed by atoms with Crippen molar-refractivity contribution in [2.45, 2.75) is 37.9 Å². The number of rotatable bonds is 3. The van der Waals surface area contributed by atoms with Gasteiger partial charge in [-0.1, -0.05) is 0 Å². The fourth-order valence-corrected chi connectivity index (χ4v) is 3.83. The van der Waals surface area contributed by atoms with E-state index in [0.717, 1.165) is 16.8 Å². The predicted octanol–water partition coefficient (Wildman–Crippen LogP) is 0.336. The highest BCUT2D eigenvalue weighted by molar-refractivity contribution is 8.13. The van der Waals surface area contributed by atoms with Crippen molar-refractivity contribution in [1.29, 1.82) is 0 Å². The van der Waals surface area contributed by atoms with E-state index in [1.165, 1.54) is 0 Å². The molecule has 18 heavy (non-hydrogen) atoms. The van der Waals surface area contributed by atoms with Crippen LogP contribution in [0.1, 0.15) is 19.8 Å². The number of fused-ring (bicyclic) bond motifs is 1. The van der Waals surface area contributed by atoms with Gasteiger partial charge >= 0.3 is 5.97 Å². The van der Waals surface area contributed by atoms with Crippen LogP contribution in [0.5, 0.6) is 0 Å². The summed E-state index contributed by atoms with van der Waals surface area (Å²) in [5, 5.41) is 33.6. The molecule has 0 radical (unpaired) electrons. The lowest BCUT2D eigenvalue weighted by Crippen LogP contribution is -2.68. The molecule has 0 aromatic carbocycles. The van der Waals surface area contributed by atoms with Crippen LogP contribution in [0, 0.1) is 10.4 Å². The lowest BCUT2D eigenvalue weighted by molar-refractivity contribution is -0.911. The van der Waals surface area contributed by atoms with Crippen molar-refractivity contribution in [2.75, 3.05) is 12.4 Å². The lowest BCUT2D eigenvalue weighted by Gasteiger charge is -2.58. The average Bonchev–Trinajstić information content (AvgIpc) is 2.58. The van der Waals surface area contributed by atoms with Crippen molar-refractivity contribution in [3.8, 4) is 0 Å². The van der Waals surface area contributed by atoms with Gasteiger partial charge < -0.3 is 25.2 Å². The smallest absolute Gasteiger partial charge is 0.303 e. The van der Waals surface area contributed by atoms with E-state index in [2.05, 4.69) is 0 Å². The molecule has 0 aromatic heterocycles. The lowest BCUT2D eigenvalue weighted by atomic mass is 9.97. The molecular formula is C10H15N2O5S-. The van der Waals surface area contributed by atoms with Gasteiger partial charge in [-0.2, -0.15) is 0 Å². The summed E-state index contributed by atoms with van der Waals surface area (Å²) in [7, 11) is 0. The van der Waals surface area contributed by atoms with Crippen LogP contribution in [-0.4, -0.2) is 56.4 Å². The minimum atomic E-state index is -0.984. The topological polar surface area (TPSA) is 104 Å². The van der Waals surface area contributed by atoms with Gasteiger partial charge in [-0.3, -0.25) is 9.59 Å². The van der Waals surface area contributed by atoms with Crippen LogP contribution >= 0.6 is 11.8 Å². The van der Waals surface area contributed by atoms with Gasteiger partial charge in [0.05, 0.1) is 6.04 Å². The third-order valence-corrected chi connectivity index (χ3v) is 4.92. The van der Waals surface area contributed by atoms with Crippen LogP contribution in [0.2, 0.25) is 0 Å². The summed E-state index contributed by atoms with van der Waals surface area (Å²) in [4.78, 5) is 22.1. The molecule has 2 rings (SSSR count). The van der Waals surface area contributed by atoms with Crippen molar-refractivity contribution >= 4 is 22.8 Å². The number of hydrogen-bond donors (Lipinski definition) is 1. The number of thioether (sulfide) groups is 1. The molecule has 2 heterocycles. The minimum absolute atomic E-state index is 0.121. The molecule has 4 unspecified atom stereocenters. The van der Waals surface area contributed by atoms with Gasteiger partial charge in [0.2, 0.25) is 0 Å². The summed E-state index contributed by atoms with van der Waals surface area (Å²) in [5.74, 6) is -0.857. The van der Waals surface area contributed by atoms with E-state index in [0.29, 0.717) is 0 Å². The molecule has 0 saturated carbocycles. The molecule has 4 atom stereocenters. The maximum atomic E-state index is 12.6. The molecule has 2 aliphatic rings. The molecule has 2 fully saturated rings. The molecule has 0 spiro atoms. The van der Waals surface area contributed by atoms with Gasteiger partial charge in [-0.15, -0.1) is 0 Å². The second kappa shape index (κ2) is 4.78. The number of nitrogens with zero attached hydrogens (tertiary/aromatic N) is 2. The highest BCUT2D eigenvalue weighted by atomic mass is 32.2. The zero-order chi connectivity index (χ0) is 13.5. The summed E-state index contributed by atoms with van der Waals surface area (Å²) < 4.78 is -0.688. The van der Waals surface area contributed by atoms with E-state index in [1.807, 2.05) is 0 Å². The standard InChI is InChI=1S/C10H15N2O5S/c1-6-7(2-3-9(13)14)11(16)4-8-10(15)18-5-12(6,8)17/h6-8H,2-5H2,1H3,(H,13,14)/q-1. The molecule has 2 aliphatic heterocycles. The van der Waals surface area contributed by atoms with Crippen LogP contribution in [0.15, 0.2) is 0 Å². The van der Waals surface area contributed by atoms with Crippen molar-refractivity contribution in [3.63, 3.8) is 0 Å². The molecule has 102 valence electrons. The normalized spacial score (nSPS) is 40.8. The number of hydroxylamine groups is 5. The zero-order valence-electron chi connectivity index (χ0n) is 9.94. The van der Waals surface area contributed by atoms with Gasteiger partial charge in [0.1, 0.15) is 11.9 Å². The first-order chi connectivity index (χ1) is 8.36. The largest absolute Gasteiger partial charge is 0.785 e. The summed E-state index contributed by atoms with van der Waals surface area (Å²) in [6, 6.07) is -2.01. The third-order valence-electron chi connectivity index (χ3n) is 3.83. The van der Waals surface area contributed by atoms with Crippen molar-refractivity contribution in [2.24, 2.45) is 0 Å². The Bertz CT molecular complexity index is 379. The van der Waals surface area contributed by atoms with E-state index in [1.54, 1.807) is 6.92 Å². The minimum Gasteiger partial charge on any atom is -0.785 e. The Balaban J connectivity index is 2.15. The van der Waals surface area contributed by atoms with Crippen LogP contribution in [0.4, 0.5) is 0 Å². The Morgan fingerprint density at radius 2 is 2.33 bits per heavy atom. The van der Waals surface area contributed by atoms with E-state index in [4.69, 9.17) is 5.11 Å². The van der Waals surface area contributed by atoms with Crippen molar-refractivity contribution < 1.29 is 19.3 Å². The number of quaternary nitrogens is 1. The molecule has 1 N–H and O–H groups in total. The Morgan fingerprint density at radius 3 is 2.94 bits per heavy atom. The maximum Gasteiger partial charge on any atom is 0.303 e. The van der Waals surface area contributed by atoms with Crippen LogP contribution in [-0.2, 0) is 9.59 Å². The average molecular weight is 275 g/mol. The fourth-order valence-electron chi connectivity index (χ4n) is 2.64. The molecule has 0 aliphatic carbocycles. The van der Waals surface area contributed by atoms with E-state index >= 15 is 0 Å². The summed E-state index contributed by atoms with van der Waals surface area (Å²) >= 11 is 0.973. The SMILES string of the molecule is CC1C(CCC(=O)O)N([O-])CC2C(=O)SC[N+]21[O-]. The molecule has 8 heteroatoms. The van der Waals surface area contributed by atoms with E-state index in [9.17, 15) is 20.0 Å². The van der Waals surface area contributed by atoms with Gasteiger partial charge in [0, 0.05) is 13.0 Å². The fraction of sp³-hybridized carbons (Fsp3) is 0.800. The second-order valence-electron chi connectivity index (χ2n) is 4.80. The first kappa shape index (κ1) is 13.8. The number of carboxylic acid groups (broad SMARTS) is 1. The highest BCUT2D eigenvalue weighted by Gasteiger charge is 2.52. The van der Waals surface area contributed by atoms with Crippen molar-refractivity contribution in [3.05, 3.63) is 10.4 Å². The summed E-state index contributed by atoms with van der Waals surface area (Å²) in [6.07, 6.45) is 0.00726. The van der Waals surface area contributed by atoms with E-state index < -0.39 is 28.7 Å². The summed E-state index contributed by atoms with van der Waals surface area (Å²) in [6.45, 7) is 1.51. The van der Waals surface area contributed by atoms with E-state index in [-0.39, 0.29) is 30.4 Å².